The summed E-state index contributed by atoms with van der Waals surface area (Å²) in [6.07, 6.45) is 1.86. The molecule has 0 unspecified atom stereocenters. The van der Waals surface area contributed by atoms with Crippen molar-refractivity contribution in [2.45, 2.75) is 40.5 Å². The molecule has 1 rings (SSSR count). The molecule has 1 heterocycles. The summed E-state index contributed by atoms with van der Waals surface area (Å²) in [5.41, 5.74) is 0.578. The highest BCUT2D eigenvalue weighted by Crippen LogP contribution is 2.27. The van der Waals surface area contributed by atoms with Gasteiger partial charge in [-0.05, 0) is 19.8 Å². The highest BCUT2D eigenvalue weighted by molar-refractivity contribution is 6.18. The summed E-state index contributed by atoms with van der Waals surface area (Å²) in [4.78, 5) is 16.1. The fraction of sp³-hybridized carbons (Fsp3) is 0.692. The number of aromatic nitrogens is 1. The summed E-state index contributed by atoms with van der Waals surface area (Å²) < 4.78 is 5.29. The van der Waals surface area contributed by atoms with E-state index in [-0.39, 0.29) is 11.3 Å². The van der Waals surface area contributed by atoms with Crippen LogP contribution in [0.1, 0.15) is 48.8 Å². The molecule has 0 aromatic carbocycles. The van der Waals surface area contributed by atoms with Crippen LogP contribution in [0.4, 0.5) is 0 Å². The number of carbonyl (C=O) groups excluding carboxylic acids is 1. The molecule has 102 valence electrons. The number of halogens is 1. The Morgan fingerprint density at radius 3 is 2.39 bits per heavy atom. The molecule has 0 atom stereocenters. The van der Waals surface area contributed by atoms with Crippen molar-refractivity contribution < 1.29 is 9.21 Å². The minimum atomic E-state index is -0.218. The van der Waals surface area contributed by atoms with Crippen LogP contribution in [0.5, 0.6) is 0 Å². The minimum Gasteiger partial charge on any atom is -0.436 e. The van der Waals surface area contributed by atoms with Gasteiger partial charge in [-0.25, -0.2) is 4.98 Å². The van der Waals surface area contributed by atoms with Crippen LogP contribution >= 0.6 is 11.6 Å². The quantitative estimate of drug-likeness (QED) is 0.810. The van der Waals surface area contributed by atoms with Crippen molar-refractivity contribution in [2.24, 2.45) is 5.41 Å². The number of rotatable bonds is 6. The minimum absolute atomic E-state index is 0.0415. The number of amides is 1. The Morgan fingerprint density at radius 1 is 1.39 bits per heavy atom. The van der Waals surface area contributed by atoms with Crippen molar-refractivity contribution in [3.63, 3.8) is 0 Å². The Morgan fingerprint density at radius 2 is 2.00 bits per heavy atom. The second-order valence-electron chi connectivity index (χ2n) is 4.67. The van der Waals surface area contributed by atoms with Crippen molar-refractivity contribution in [1.29, 1.82) is 0 Å². The Kier molecular flexibility index (Phi) is 5.20. The molecule has 0 aliphatic heterocycles. The number of hydrogen-bond donors (Lipinski definition) is 1. The molecular weight excluding hydrogens is 252 g/mol. The molecule has 0 aliphatic carbocycles. The van der Waals surface area contributed by atoms with Gasteiger partial charge in [0, 0.05) is 24.8 Å². The highest BCUT2D eigenvalue weighted by atomic mass is 35.5. The maximum Gasteiger partial charge on any atom is 0.289 e. The van der Waals surface area contributed by atoms with Crippen LogP contribution in [0.3, 0.4) is 0 Å². The van der Waals surface area contributed by atoms with Crippen LogP contribution in [0.15, 0.2) is 4.42 Å². The number of nitrogens with one attached hydrogen (secondary N) is 1. The summed E-state index contributed by atoms with van der Waals surface area (Å²) >= 11 is 6.00. The third-order valence-electron chi connectivity index (χ3n) is 3.52. The average Bonchev–Trinajstić information content (AvgIpc) is 2.70. The lowest BCUT2D eigenvalue weighted by molar-refractivity contribution is 0.0901. The van der Waals surface area contributed by atoms with Crippen LogP contribution in [-0.4, -0.2) is 23.3 Å². The van der Waals surface area contributed by atoms with Gasteiger partial charge in [-0.1, -0.05) is 13.8 Å². The molecule has 4 nitrogen and oxygen atoms in total. The summed E-state index contributed by atoms with van der Waals surface area (Å²) in [7, 11) is 0. The second kappa shape index (κ2) is 6.23. The Labute approximate surface area is 113 Å². The van der Waals surface area contributed by atoms with Gasteiger partial charge in [-0.15, -0.1) is 11.6 Å². The van der Waals surface area contributed by atoms with E-state index in [0.717, 1.165) is 12.8 Å². The number of aryl methyl sites for hydroxylation is 2. The zero-order valence-electron chi connectivity index (χ0n) is 11.5. The predicted molar refractivity (Wildman–Crippen MR) is 72.0 cm³/mol. The van der Waals surface area contributed by atoms with Crippen LogP contribution in [0.25, 0.3) is 0 Å². The van der Waals surface area contributed by atoms with Crippen molar-refractivity contribution >= 4 is 17.5 Å². The van der Waals surface area contributed by atoms with E-state index >= 15 is 0 Å². The normalized spacial score (nSPS) is 11.6. The number of oxazole rings is 1. The molecule has 1 N–H and O–H groups in total. The fourth-order valence-corrected chi connectivity index (χ4v) is 2.30. The number of nitrogens with zero attached hydrogens (tertiary/aromatic N) is 1. The van der Waals surface area contributed by atoms with E-state index < -0.39 is 0 Å². The Bertz CT molecular complexity index is 403. The third-order valence-corrected chi connectivity index (χ3v) is 4.08. The number of hydrogen-bond acceptors (Lipinski definition) is 3. The molecule has 1 aromatic heterocycles. The van der Waals surface area contributed by atoms with Crippen LogP contribution in [-0.2, 0) is 0 Å². The van der Waals surface area contributed by atoms with Crippen molar-refractivity contribution in [2.75, 3.05) is 12.4 Å². The van der Waals surface area contributed by atoms with Crippen LogP contribution < -0.4 is 5.32 Å². The molecular formula is C13H21ClN2O2. The first kappa shape index (κ1) is 15.0. The lowest BCUT2D eigenvalue weighted by Crippen LogP contribution is -2.38. The predicted octanol–water partition coefficient (Wildman–Crippen LogP) is 3.07. The van der Waals surface area contributed by atoms with Gasteiger partial charge in [0.05, 0.1) is 5.69 Å². The summed E-state index contributed by atoms with van der Waals surface area (Å²) in [6.45, 7) is 8.22. The molecule has 0 saturated carbocycles. The molecule has 0 saturated heterocycles. The van der Waals surface area contributed by atoms with Crippen molar-refractivity contribution in [1.82, 2.24) is 10.3 Å². The Balaban J connectivity index is 2.69. The lowest BCUT2D eigenvalue weighted by atomic mass is 9.84. The van der Waals surface area contributed by atoms with Gasteiger partial charge in [0.1, 0.15) is 0 Å². The SMILES string of the molecule is CCC(CC)(CCl)CNC(=O)c1oc(C)nc1C. The maximum absolute atomic E-state index is 12.0. The van der Waals surface area contributed by atoms with E-state index in [0.29, 0.717) is 29.8 Å². The zero-order valence-corrected chi connectivity index (χ0v) is 12.2. The molecule has 0 fully saturated rings. The van der Waals surface area contributed by atoms with E-state index in [2.05, 4.69) is 24.1 Å². The first-order valence-corrected chi connectivity index (χ1v) is 6.79. The van der Waals surface area contributed by atoms with E-state index in [1.165, 1.54) is 0 Å². The highest BCUT2D eigenvalue weighted by Gasteiger charge is 2.27. The summed E-state index contributed by atoms with van der Waals surface area (Å²) in [6, 6.07) is 0. The van der Waals surface area contributed by atoms with Gasteiger partial charge >= 0.3 is 0 Å². The zero-order chi connectivity index (χ0) is 13.8. The Hall–Kier alpha value is -1.03. The van der Waals surface area contributed by atoms with Gasteiger partial charge in [0.25, 0.3) is 5.91 Å². The standard InChI is InChI=1S/C13H21ClN2O2/c1-5-13(6-2,7-14)8-15-12(17)11-9(3)16-10(4)18-11/h5-8H2,1-4H3,(H,15,17). The van der Waals surface area contributed by atoms with E-state index in [4.69, 9.17) is 16.0 Å². The van der Waals surface area contributed by atoms with E-state index in [1.807, 2.05) is 0 Å². The van der Waals surface area contributed by atoms with Crippen LogP contribution in [0, 0.1) is 19.3 Å². The summed E-state index contributed by atoms with van der Waals surface area (Å²) in [5.74, 6) is 1.12. The van der Waals surface area contributed by atoms with E-state index in [1.54, 1.807) is 13.8 Å². The first-order chi connectivity index (χ1) is 8.48. The topological polar surface area (TPSA) is 55.1 Å². The van der Waals surface area contributed by atoms with Crippen molar-refractivity contribution in [3.05, 3.63) is 17.3 Å². The largest absolute Gasteiger partial charge is 0.436 e. The molecule has 0 aliphatic rings. The molecule has 5 heteroatoms. The second-order valence-corrected chi connectivity index (χ2v) is 4.94. The van der Waals surface area contributed by atoms with Gasteiger partial charge in [-0.2, -0.15) is 0 Å². The summed E-state index contributed by atoms with van der Waals surface area (Å²) in [5, 5.41) is 2.89. The van der Waals surface area contributed by atoms with Gasteiger partial charge in [-0.3, -0.25) is 4.79 Å². The third kappa shape index (κ3) is 3.25. The number of alkyl halides is 1. The molecule has 1 aromatic rings. The fourth-order valence-electron chi connectivity index (χ4n) is 1.83. The van der Waals surface area contributed by atoms with E-state index in [9.17, 15) is 4.79 Å². The van der Waals surface area contributed by atoms with Crippen LogP contribution in [0.2, 0.25) is 0 Å². The average molecular weight is 273 g/mol. The molecule has 0 bridgehead atoms. The number of carbonyl (C=O) groups is 1. The lowest BCUT2D eigenvalue weighted by Gasteiger charge is -2.29. The van der Waals surface area contributed by atoms with Crippen molar-refractivity contribution in [3.8, 4) is 0 Å². The maximum atomic E-state index is 12.0. The molecule has 0 radical (unpaired) electrons. The monoisotopic (exact) mass is 272 g/mol. The molecule has 18 heavy (non-hydrogen) atoms. The molecule has 1 amide bonds. The van der Waals surface area contributed by atoms with Gasteiger partial charge in [0.2, 0.25) is 5.76 Å². The van der Waals surface area contributed by atoms with Gasteiger partial charge in [0.15, 0.2) is 5.89 Å². The smallest absolute Gasteiger partial charge is 0.289 e. The molecule has 0 spiro atoms. The van der Waals surface area contributed by atoms with Gasteiger partial charge < -0.3 is 9.73 Å². The first-order valence-electron chi connectivity index (χ1n) is 6.26.